The van der Waals surface area contributed by atoms with E-state index in [2.05, 4.69) is 18.8 Å². The number of hydrogen-bond donors (Lipinski definition) is 1. The summed E-state index contributed by atoms with van der Waals surface area (Å²) in [6, 6.07) is 4.76. The van der Waals surface area contributed by atoms with Crippen molar-refractivity contribution >= 4 is 10.9 Å². The Hall–Kier alpha value is -1.35. The van der Waals surface area contributed by atoms with Gasteiger partial charge in [0.1, 0.15) is 5.82 Å². The van der Waals surface area contributed by atoms with Crippen LogP contribution in [0.3, 0.4) is 0 Å². The first-order chi connectivity index (χ1) is 10.8. The van der Waals surface area contributed by atoms with Crippen molar-refractivity contribution in [2.75, 3.05) is 13.5 Å². The summed E-state index contributed by atoms with van der Waals surface area (Å²) in [6.07, 6.45) is 2.42. The molecular weight excluding hydrogens is 251 g/mol. The zero-order valence-electron chi connectivity index (χ0n) is 15.0. The van der Waals surface area contributed by atoms with E-state index in [4.69, 9.17) is 4.11 Å². The van der Waals surface area contributed by atoms with E-state index in [9.17, 15) is 4.39 Å². The van der Waals surface area contributed by atoms with Crippen molar-refractivity contribution in [3.8, 4) is 0 Å². The maximum atomic E-state index is 13.7. The number of fused-ring (bicyclic) bond motifs is 1. The molecule has 1 aromatic heterocycles. The fourth-order valence-corrected chi connectivity index (χ4v) is 3.24. The van der Waals surface area contributed by atoms with E-state index < -0.39 is 6.98 Å². The number of nitrogens with zero attached hydrogens (tertiary/aromatic N) is 1. The van der Waals surface area contributed by atoms with Crippen molar-refractivity contribution in [2.45, 2.75) is 45.1 Å². The topological polar surface area (TPSA) is 19.0 Å². The van der Waals surface area contributed by atoms with Crippen LogP contribution in [-0.4, -0.2) is 29.4 Å². The molecule has 1 aliphatic rings. The lowest BCUT2D eigenvalue weighted by Gasteiger charge is -2.20. The van der Waals surface area contributed by atoms with Crippen molar-refractivity contribution in [2.24, 2.45) is 0 Å². The van der Waals surface area contributed by atoms with Gasteiger partial charge in [0.05, 0.1) is 0 Å². The minimum atomic E-state index is -2.06. The predicted molar refractivity (Wildman–Crippen MR) is 81.7 cm³/mol. The fraction of sp³-hybridized carbons (Fsp3) is 0.529. The van der Waals surface area contributed by atoms with Crippen LogP contribution in [0.25, 0.3) is 10.9 Å². The van der Waals surface area contributed by atoms with E-state index in [0.717, 1.165) is 35.0 Å². The average Bonchev–Trinajstić information content (AvgIpc) is 3.04. The zero-order valence-corrected chi connectivity index (χ0v) is 12.0. The molecule has 1 aliphatic heterocycles. The van der Waals surface area contributed by atoms with Crippen molar-refractivity contribution < 1.29 is 8.50 Å². The highest BCUT2D eigenvalue weighted by Gasteiger charge is 2.24. The molecule has 1 aromatic carbocycles. The summed E-state index contributed by atoms with van der Waals surface area (Å²) < 4.78 is 36.8. The summed E-state index contributed by atoms with van der Waals surface area (Å²) in [6.45, 7) is 2.74. The number of aromatic amines is 1. The molecule has 1 fully saturated rings. The maximum Gasteiger partial charge on any atom is 0.123 e. The number of likely N-dealkylation sites (tertiary alicyclic amines) is 1. The van der Waals surface area contributed by atoms with E-state index in [1.165, 1.54) is 6.07 Å². The Morgan fingerprint density at radius 3 is 3.10 bits per heavy atom. The third-order valence-corrected chi connectivity index (χ3v) is 4.30. The number of benzene rings is 1. The smallest absolute Gasteiger partial charge is 0.123 e. The Morgan fingerprint density at radius 1 is 1.50 bits per heavy atom. The van der Waals surface area contributed by atoms with Crippen molar-refractivity contribution in [1.82, 2.24) is 9.88 Å². The molecule has 0 bridgehead atoms. The third kappa shape index (κ3) is 2.35. The highest BCUT2D eigenvalue weighted by atomic mass is 19.1. The Kier molecular flexibility index (Phi) is 2.71. The van der Waals surface area contributed by atoms with Gasteiger partial charge < -0.3 is 9.88 Å². The van der Waals surface area contributed by atoms with Gasteiger partial charge in [-0.05, 0) is 62.5 Å². The van der Waals surface area contributed by atoms with Gasteiger partial charge >= 0.3 is 0 Å². The predicted octanol–water partition coefficient (Wildman–Crippen LogP) is 4.07. The molecule has 1 atom stereocenters. The molecule has 2 aromatic rings. The van der Waals surface area contributed by atoms with Crippen LogP contribution in [0.4, 0.5) is 4.39 Å². The molecule has 0 saturated carbocycles. The van der Waals surface area contributed by atoms with Gasteiger partial charge in [0.15, 0.2) is 0 Å². The second-order valence-corrected chi connectivity index (χ2v) is 6.06. The number of likely N-dealkylation sites (N-methyl/N-ethyl adjacent to an activating group) is 1. The minimum absolute atomic E-state index is 0.0118. The number of halogens is 1. The minimum Gasteiger partial charge on any atom is -0.358 e. The lowest BCUT2D eigenvalue weighted by Crippen LogP contribution is -2.27. The average molecular weight is 277 g/mol. The van der Waals surface area contributed by atoms with Gasteiger partial charge in [-0.1, -0.05) is 13.8 Å². The summed E-state index contributed by atoms with van der Waals surface area (Å²) in [4.78, 5) is 5.01. The number of nitrogens with one attached hydrogen (secondary N) is 1. The number of H-pyrrole nitrogens is 1. The number of hydrogen-bond acceptors (Lipinski definition) is 1. The molecule has 0 aliphatic carbocycles. The van der Waals surface area contributed by atoms with Crippen LogP contribution in [0, 0.1) is 5.82 Å². The molecule has 20 heavy (non-hydrogen) atoms. The largest absolute Gasteiger partial charge is 0.358 e. The quantitative estimate of drug-likeness (QED) is 0.896. The third-order valence-electron chi connectivity index (χ3n) is 4.30. The number of rotatable bonds is 3. The lowest BCUT2D eigenvalue weighted by molar-refractivity contribution is 0.309. The molecule has 3 rings (SSSR count). The van der Waals surface area contributed by atoms with Gasteiger partial charge in [0.2, 0.25) is 0 Å². The lowest BCUT2D eigenvalue weighted by atomic mass is 9.96. The van der Waals surface area contributed by atoms with Crippen molar-refractivity contribution in [1.29, 1.82) is 0 Å². The van der Waals surface area contributed by atoms with E-state index >= 15 is 0 Å². The normalized spacial score (nSPS) is 23.2. The van der Waals surface area contributed by atoms with Gasteiger partial charge in [-0.3, -0.25) is 0 Å². The van der Waals surface area contributed by atoms with Gasteiger partial charge in [0.25, 0.3) is 0 Å². The first kappa shape index (κ1) is 10.4. The van der Waals surface area contributed by atoms with E-state index in [-0.39, 0.29) is 17.8 Å². The van der Waals surface area contributed by atoms with Crippen LogP contribution in [-0.2, 0) is 6.42 Å². The molecule has 3 heteroatoms. The Bertz CT molecular complexity index is 706. The zero-order chi connectivity index (χ0) is 16.8. The molecule has 108 valence electrons. The van der Waals surface area contributed by atoms with Crippen LogP contribution < -0.4 is 0 Å². The molecule has 1 N–H and O–H groups in total. The SMILES string of the molecule is [2H]C([2H])([2H])N1CCC[C@@H]1Cc1c(C(C)C)[nH]c2ccc(F)cc12. The van der Waals surface area contributed by atoms with Crippen LogP contribution in [0.2, 0.25) is 0 Å². The molecule has 2 heterocycles. The molecule has 0 radical (unpaired) electrons. The molecule has 0 amide bonds. The summed E-state index contributed by atoms with van der Waals surface area (Å²) in [7, 11) is 0. The summed E-state index contributed by atoms with van der Waals surface area (Å²) in [5.41, 5.74) is 3.07. The monoisotopic (exact) mass is 277 g/mol. The molecular formula is C17H23FN2. The molecule has 1 saturated heterocycles. The summed E-state index contributed by atoms with van der Waals surface area (Å²) in [5, 5.41) is 0.881. The second-order valence-electron chi connectivity index (χ2n) is 6.06. The van der Waals surface area contributed by atoms with E-state index in [0.29, 0.717) is 13.0 Å². The summed E-state index contributed by atoms with van der Waals surface area (Å²) >= 11 is 0. The molecule has 2 nitrogen and oxygen atoms in total. The molecule has 0 spiro atoms. The summed E-state index contributed by atoms with van der Waals surface area (Å²) in [5.74, 6) is 0.0234. The second kappa shape index (κ2) is 5.21. The first-order valence-electron chi connectivity index (χ1n) is 8.84. The van der Waals surface area contributed by atoms with Crippen LogP contribution in [0.15, 0.2) is 18.2 Å². The van der Waals surface area contributed by atoms with Crippen molar-refractivity contribution in [3.05, 3.63) is 35.3 Å². The van der Waals surface area contributed by atoms with Crippen molar-refractivity contribution in [3.63, 3.8) is 0 Å². The van der Waals surface area contributed by atoms with Gasteiger partial charge in [-0.15, -0.1) is 0 Å². The standard InChI is InChI=1S/C17H23FN2/c1-11(2)17-15(10-13-5-4-8-20(13)3)14-9-12(18)6-7-16(14)19-17/h6-7,9,11,13,19H,4-5,8,10H2,1-3H3/t13-/m1/s1/i3D3. The number of aromatic nitrogens is 1. The van der Waals surface area contributed by atoms with Crippen LogP contribution in [0.1, 0.15) is 48.0 Å². The highest BCUT2D eigenvalue weighted by molar-refractivity contribution is 5.85. The fourth-order valence-electron chi connectivity index (χ4n) is 3.24. The van der Waals surface area contributed by atoms with Gasteiger partial charge in [-0.25, -0.2) is 4.39 Å². The first-order valence-corrected chi connectivity index (χ1v) is 7.34. The highest BCUT2D eigenvalue weighted by Crippen LogP contribution is 2.31. The maximum absolute atomic E-state index is 13.7. The molecule has 0 unspecified atom stereocenters. The van der Waals surface area contributed by atoms with Gasteiger partial charge in [0, 0.05) is 26.8 Å². The van der Waals surface area contributed by atoms with Crippen LogP contribution in [0.5, 0.6) is 0 Å². The van der Waals surface area contributed by atoms with Gasteiger partial charge in [-0.2, -0.15) is 0 Å². The van der Waals surface area contributed by atoms with E-state index in [1.807, 2.05) is 0 Å². The Morgan fingerprint density at radius 2 is 2.35 bits per heavy atom. The Labute approximate surface area is 124 Å². The van der Waals surface area contributed by atoms with Crippen LogP contribution >= 0.6 is 0 Å². The van der Waals surface area contributed by atoms with E-state index in [1.54, 1.807) is 17.0 Å². The Balaban J connectivity index is 2.01.